The number of anilines is 1. The van der Waals surface area contributed by atoms with Gasteiger partial charge >= 0.3 is 0 Å². The Bertz CT molecular complexity index is 1350. The maximum atomic E-state index is 12.7. The lowest BCUT2D eigenvalue weighted by molar-refractivity contribution is 0.102. The second-order valence-corrected chi connectivity index (χ2v) is 8.46. The van der Waals surface area contributed by atoms with Crippen LogP contribution in [0, 0.1) is 6.92 Å². The molecule has 1 N–H and O–H groups in total. The first-order chi connectivity index (χ1) is 14.6. The van der Waals surface area contributed by atoms with E-state index in [2.05, 4.69) is 31.3 Å². The summed E-state index contributed by atoms with van der Waals surface area (Å²) in [5, 5.41) is 11.0. The number of carbonyl (C=O) groups excluding carboxylic acids is 1. The zero-order valence-electron chi connectivity index (χ0n) is 15.8. The summed E-state index contributed by atoms with van der Waals surface area (Å²) in [5.41, 5.74) is 2.87. The maximum absolute atomic E-state index is 12.7. The van der Waals surface area contributed by atoms with Crippen LogP contribution in [-0.4, -0.2) is 20.7 Å². The minimum Gasteiger partial charge on any atom is -0.454 e. The fraction of sp³-hybridized carbons (Fsp3) is 0.0455. The topological polar surface area (TPSA) is 73.0 Å². The van der Waals surface area contributed by atoms with Gasteiger partial charge in [-0.1, -0.05) is 40.2 Å². The normalized spacial score (nSPS) is 11.1. The number of amides is 1. The highest BCUT2D eigenvalue weighted by atomic mass is 79.9. The Labute approximate surface area is 184 Å². The number of aromatic nitrogens is 3. The van der Waals surface area contributed by atoms with Gasteiger partial charge in [0, 0.05) is 26.9 Å². The minimum absolute atomic E-state index is 0.216. The Hall–Kier alpha value is -3.23. The molecule has 0 spiro atoms. The fourth-order valence-electron chi connectivity index (χ4n) is 3.14. The van der Waals surface area contributed by atoms with Crippen LogP contribution >= 0.6 is 27.3 Å². The molecule has 1 amide bonds. The zero-order chi connectivity index (χ0) is 20.7. The molecule has 6 nitrogen and oxygen atoms in total. The van der Waals surface area contributed by atoms with E-state index in [9.17, 15) is 4.79 Å². The molecule has 5 aromatic rings. The molecule has 8 heteroatoms. The molecular formula is C22H15BrN4O2S. The molecule has 0 unspecified atom stereocenters. The van der Waals surface area contributed by atoms with Gasteiger partial charge in [0.2, 0.25) is 5.13 Å². The number of para-hydroxylation sites is 1. The number of halogens is 1. The first-order valence-corrected chi connectivity index (χ1v) is 10.8. The van der Waals surface area contributed by atoms with Gasteiger partial charge in [0.25, 0.3) is 5.91 Å². The Balaban J connectivity index is 1.46. The van der Waals surface area contributed by atoms with Gasteiger partial charge < -0.3 is 9.73 Å². The van der Waals surface area contributed by atoms with E-state index >= 15 is 0 Å². The van der Waals surface area contributed by atoms with Gasteiger partial charge in [0.05, 0.1) is 5.69 Å². The Morgan fingerprint density at radius 1 is 1.13 bits per heavy atom. The monoisotopic (exact) mass is 478 g/mol. The van der Waals surface area contributed by atoms with Gasteiger partial charge in [0.15, 0.2) is 5.76 Å². The van der Waals surface area contributed by atoms with Crippen molar-refractivity contribution < 1.29 is 9.21 Å². The van der Waals surface area contributed by atoms with Crippen LogP contribution < -0.4 is 5.32 Å². The number of furan rings is 1. The van der Waals surface area contributed by atoms with Crippen LogP contribution in [-0.2, 0) is 0 Å². The maximum Gasteiger partial charge on any atom is 0.256 e. The second-order valence-electron chi connectivity index (χ2n) is 6.71. The first-order valence-electron chi connectivity index (χ1n) is 9.15. The third-order valence-corrected chi connectivity index (χ3v) is 5.82. The van der Waals surface area contributed by atoms with Crippen molar-refractivity contribution in [3.8, 4) is 16.6 Å². The summed E-state index contributed by atoms with van der Waals surface area (Å²) in [6.07, 6.45) is 0. The first kappa shape index (κ1) is 18.8. The third kappa shape index (κ3) is 3.55. The Kier molecular flexibility index (Phi) is 4.72. The number of nitrogens with zero attached hydrogens (tertiary/aromatic N) is 3. The van der Waals surface area contributed by atoms with Gasteiger partial charge in [-0.3, -0.25) is 4.79 Å². The van der Waals surface area contributed by atoms with Crippen LogP contribution in [0.4, 0.5) is 5.82 Å². The van der Waals surface area contributed by atoms with Gasteiger partial charge in [0.1, 0.15) is 17.1 Å². The number of carbonyl (C=O) groups is 1. The molecule has 0 atom stereocenters. The van der Waals surface area contributed by atoms with Crippen molar-refractivity contribution in [1.82, 2.24) is 14.8 Å². The van der Waals surface area contributed by atoms with E-state index in [0.717, 1.165) is 26.8 Å². The zero-order valence-corrected chi connectivity index (χ0v) is 18.2. The number of rotatable bonds is 4. The lowest BCUT2D eigenvalue weighted by Crippen LogP contribution is -2.15. The Morgan fingerprint density at radius 2 is 2.00 bits per heavy atom. The number of fused-ring (bicyclic) bond motifs is 1. The van der Waals surface area contributed by atoms with E-state index in [1.54, 1.807) is 16.8 Å². The molecule has 2 aromatic carbocycles. The number of benzene rings is 2. The predicted molar refractivity (Wildman–Crippen MR) is 121 cm³/mol. The molecule has 3 heterocycles. The number of nitrogens with one attached hydrogen (secondary N) is 1. The molecule has 3 aromatic heterocycles. The summed E-state index contributed by atoms with van der Waals surface area (Å²) < 4.78 is 8.40. The summed E-state index contributed by atoms with van der Waals surface area (Å²) in [7, 11) is 0. The molecule has 0 aliphatic carbocycles. The van der Waals surface area contributed by atoms with Crippen LogP contribution in [0.15, 0.2) is 74.9 Å². The molecule has 0 aliphatic heterocycles. The molecule has 5 rings (SSSR count). The van der Waals surface area contributed by atoms with Crippen molar-refractivity contribution in [2.75, 3.05) is 5.32 Å². The highest BCUT2D eigenvalue weighted by Gasteiger charge is 2.17. The smallest absolute Gasteiger partial charge is 0.256 e. The van der Waals surface area contributed by atoms with Crippen molar-refractivity contribution in [2.45, 2.75) is 6.92 Å². The minimum atomic E-state index is -0.216. The number of hydrogen-bond acceptors (Lipinski definition) is 5. The molecule has 30 heavy (non-hydrogen) atoms. The van der Waals surface area contributed by atoms with Crippen molar-refractivity contribution in [3.63, 3.8) is 0 Å². The lowest BCUT2D eigenvalue weighted by atomic mass is 10.2. The average Bonchev–Trinajstić information content (AvgIpc) is 3.45. The summed E-state index contributed by atoms with van der Waals surface area (Å²) in [5.74, 6) is 1.04. The van der Waals surface area contributed by atoms with Crippen LogP contribution in [0.3, 0.4) is 0 Å². The van der Waals surface area contributed by atoms with E-state index in [1.165, 1.54) is 11.3 Å². The number of thiazole rings is 1. The number of hydrogen-bond donors (Lipinski definition) is 1. The molecule has 0 radical (unpaired) electrons. The van der Waals surface area contributed by atoms with Gasteiger partial charge in [-0.15, -0.1) is 11.3 Å². The van der Waals surface area contributed by atoms with Crippen LogP contribution in [0.25, 0.3) is 27.6 Å². The van der Waals surface area contributed by atoms with Gasteiger partial charge in [-0.25, -0.2) is 4.98 Å². The summed E-state index contributed by atoms with van der Waals surface area (Å²) in [6, 6.07) is 18.9. The van der Waals surface area contributed by atoms with E-state index in [1.807, 2.05) is 60.8 Å². The average molecular weight is 479 g/mol. The third-order valence-electron chi connectivity index (χ3n) is 4.51. The largest absolute Gasteiger partial charge is 0.454 e. The van der Waals surface area contributed by atoms with Crippen molar-refractivity contribution in [3.05, 3.63) is 81.8 Å². The van der Waals surface area contributed by atoms with Crippen molar-refractivity contribution in [1.29, 1.82) is 0 Å². The highest BCUT2D eigenvalue weighted by Crippen LogP contribution is 2.30. The van der Waals surface area contributed by atoms with Gasteiger partial charge in [-0.2, -0.15) is 9.78 Å². The van der Waals surface area contributed by atoms with E-state index in [-0.39, 0.29) is 5.91 Å². The predicted octanol–water partition coefficient (Wildman–Crippen LogP) is 6.07. The van der Waals surface area contributed by atoms with Crippen molar-refractivity contribution in [2.24, 2.45) is 0 Å². The standard InChI is InChI=1S/C22H15BrN4O2S/c1-13-9-20(25-21(28)15-6-4-7-16(23)10-15)27(26-13)22-24-17(12-30-22)19-11-14-5-2-3-8-18(14)29-19/h2-12H,1H3,(H,25,28). The van der Waals surface area contributed by atoms with E-state index in [0.29, 0.717) is 22.3 Å². The summed E-state index contributed by atoms with van der Waals surface area (Å²) >= 11 is 4.82. The van der Waals surface area contributed by atoms with Crippen LogP contribution in [0.2, 0.25) is 0 Å². The molecular weight excluding hydrogens is 464 g/mol. The molecule has 148 valence electrons. The summed E-state index contributed by atoms with van der Waals surface area (Å²) in [6.45, 7) is 1.87. The molecule has 0 bridgehead atoms. The molecule has 0 saturated carbocycles. The van der Waals surface area contributed by atoms with E-state index < -0.39 is 0 Å². The quantitative estimate of drug-likeness (QED) is 0.340. The number of aryl methyl sites for hydroxylation is 1. The summed E-state index contributed by atoms with van der Waals surface area (Å²) in [4.78, 5) is 17.4. The highest BCUT2D eigenvalue weighted by molar-refractivity contribution is 9.10. The molecule has 0 aliphatic rings. The molecule has 0 saturated heterocycles. The SMILES string of the molecule is Cc1cc(NC(=O)c2cccc(Br)c2)n(-c2nc(-c3cc4ccccc4o3)cs2)n1. The Morgan fingerprint density at radius 3 is 2.83 bits per heavy atom. The van der Waals surface area contributed by atoms with Crippen molar-refractivity contribution >= 4 is 50.0 Å². The second kappa shape index (κ2) is 7.55. The fourth-order valence-corrected chi connectivity index (χ4v) is 4.31. The lowest BCUT2D eigenvalue weighted by Gasteiger charge is -2.06. The molecule has 0 fully saturated rings. The van der Waals surface area contributed by atoms with Gasteiger partial charge in [-0.05, 0) is 37.3 Å². The van der Waals surface area contributed by atoms with Crippen LogP contribution in [0.5, 0.6) is 0 Å². The van der Waals surface area contributed by atoms with Crippen LogP contribution in [0.1, 0.15) is 16.1 Å². The van der Waals surface area contributed by atoms with E-state index in [4.69, 9.17) is 4.42 Å².